The maximum Gasteiger partial charge on any atom is 0.194 e. The first kappa shape index (κ1) is 15.4. The molecule has 0 unspecified atom stereocenters. The topological polar surface area (TPSA) is 30.0 Å². The summed E-state index contributed by atoms with van der Waals surface area (Å²) in [5, 5.41) is 0. The fourth-order valence-corrected chi connectivity index (χ4v) is 2.47. The van der Waals surface area contributed by atoms with E-state index in [9.17, 15) is 4.79 Å². The summed E-state index contributed by atoms with van der Waals surface area (Å²) < 4.78 is 0. The van der Waals surface area contributed by atoms with Crippen LogP contribution >= 0.6 is 0 Å². The normalized spacial score (nSPS) is 10.6. The zero-order valence-electron chi connectivity index (χ0n) is 12.9. The van der Waals surface area contributed by atoms with Gasteiger partial charge < -0.3 is 0 Å². The van der Waals surface area contributed by atoms with E-state index in [-0.39, 0.29) is 5.78 Å². The van der Waals surface area contributed by atoms with Gasteiger partial charge in [-0.15, -0.1) is 0 Å². The Hall–Kier alpha value is -1.96. The van der Waals surface area contributed by atoms with E-state index in [0.717, 1.165) is 23.4 Å². The Morgan fingerprint density at radius 2 is 1.76 bits per heavy atom. The van der Waals surface area contributed by atoms with E-state index in [2.05, 4.69) is 11.9 Å². The minimum atomic E-state index is 0.0538. The average Bonchev–Trinajstić information content (AvgIpc) is 2.52. The molecule has 1 aromatic heterocycles. The van der Waals surface area contributed by atoms with Crippen LogP contribution in [0.3, 0.4) is 0 Å². The summed E-state index contributed by atoms with van der Waals surface area (Å²) in [6.45, 7) is 4.14. The van der Waals surface area contributed by atoms with Crippen LogP contribution < -0.4 is 0 Å². The number of hydrogen-bond acceptors (Lipinski definition) is 2. The summed E-state index contributed by atoms with van der Waals surface area (Å²) in [6, 6.07) is 13.3. The summed E-state index contributed by atoms with van der Waals surface area (Å²) in [6.07, 6.45) is 5.95. The van der Waals surface area contributed by atoms with Crippen LogP contribution in [-0.2, 0) is 6.42 Å². The smallest absolute Gasteiger partial charge is 0.194 e. The third-order valence-corrected chi connectivity index (χ3v) is 3.71. The van der Waals surface area contributed by atoms with Crippen LogP contribution in [0.15, 0.2) is 42.5 Å². The summed E-state index contributed by atoms with van der Waals surface area (Å²) in [5.41, 5.74) is 3.35. The SMILES string of the molecule is CCCCCCc1ccc(C(=O)c2ccccc2)c(C)n1. The molecule has 0 fully saturated rings. The lowest BCUT2D eigenvalue weighted by atomic mass is 10.0. The highest BCUT2D eigenvalue weighted by atomic mass is 16.1. The lowest BCUT2D eigenvalue weighted by Gasteiger charge is -2.07. The number of nitrogens with zero attached hydrogens (tertiary/aromatic N) is 1. The molecule has 0 radical (unpaired) electrons. The van der Waals surface area contributed by atoms with Crippen LogP contribution in [0.5, 0.6) is 0 Å². The second-order valence-corrected chi connectivity index (χ2v) is 5.44. The summed E-state index contributed by atoms with van der Waals surface area (Å²) >= 11 is 0. The van der Waals surface area contributed by atoms with E-state index < -0.39 is 0 Å². The maximum atomic E-state index is 12.4. The fraction of sp³-hybridized carbons (Fsp3) is 0.368. The van der Waals surface area contributed by atoms with Crippen molar-refractivity contribution in [3.05, 3.63) is 65.0 Å². The number of carbonyl (C=O) groups is 1. The van der Waals surface area contributed by atoms with Crippen molar-refractivity contribution < 1.29 is 4.79 Å². The third kappa shape index (κ3) is 4.25. The monoisotopic (exact) mass is 281 g/mol. The van der Waals surface area contributed by atoms with Crippen molar-refractivity contribution in [3.8, 4) is 0 Å². The van der Waals surface area contributed by atoms with Gasteiger partial charge in [0.05, 0.1) is 0 Å². The van der Waals surface area contributed by atoms with Gasteiger partial charge in [0.1, 0.15) is 0 Å². The summed E-state index contributed by atoms with van der Waals surface area (Å²) in [4.78, 5) is 17.0. The van der Waals surface area contributed by atoms with Gasteiger partial charge in [-0.25, -0.2) is 0 Å². The highest BCUT2D eigenvalue weighted by molar-refractivity contribution is 6.09. The van der Waals surface area contributed by atoms with E-state index in [1.165, 1.54) is 25.7 Å². The molecule has 0 aliphatic heterocycles. The Morgan fingerprint density at radius 3 is 2.43 bits per heavy atom. The van der Waals surface area contributed by atoms with Crippen molar-refractivity contribution in [2.45, 2.75) is 46.0 Å². The Balaban J connectivity index is 2.07. The van der Waals surface area contributed by atoms with E-state index >= 15 is 0 Å². The first-order chi connectivity index (χ1) is 10.2. The molecule has 0 saturated carbocycles. The van der Waals surface area contributed by atoms with E-state index in [1.54, 1.807) is 0 Å². The second-order valence-electron chi connectivity index (χ2n) is 5.44. The van der Waals surface area contributed by atoms with Crippen molar-refractivity contribution in [2.75, 3.05) is 0 Å². The van der Waals surface area contributed by atoms with Crippen LogP contribution in [-0.4, -0.2) is 10.8 Å². The van der Waals surface area contributed by atoms with Crippen molar-refractivity contribution in [1.29, 1.82) is 0 Å². The van der Waals surface area contributed by atoms with Gasteiger partial charge >= 0.3 is 0 Å². The molecular formula is C19H23NO. The number of ketones is 1. The number of pyridine rings is 1. The highest BCUT2D eigenvalue weighted by Gasteiger charge is 2.12. The summed E-state index contributed by atoms with van der Waals surface area (Å²) in [5.74, 6) is 0.0538. The lowest BCUT2D eigenvalue weighted by Crippen LogP contribution is -2.06. The molecule has 0 spiro atoms. The van der Waals surface area contributed by atoms with Gasteiger partial charge in [-0.05, 0) is 31.9 Å². The highest BCUT2D eigenvalue weighted by Crippen LogP contribution is 2.15. The Kier molecular flexibility index (Phi) is 5.68. The first-order valence-electron chi connectivity index (χ1n) is 7.78. The molecule has 2 aromatic rings. The molecule has 1 heterocycles. The standard InChI is InChI=1S/C19H23NO/c1-3-4-5-9-12-17-13-14-18(15(2)20-17)19(21)16-10-7-6-8-11-16/h6-8,10-11,13-14H,3-5,9,12H2,1-2H3. The van der Waals surface area contributed by atoms with Crippen LogP contribution in [0.25, 0.3) is 0 Å². The van der Waals surface area contributed by atoms with Gasteiger partial charge in [-0.3, -0.25) is 9.78 Å². The molecule has 0 aliphatic rings. The van der Waals surface area contributed by atoms with Gasteiger partial charge in [0.25, 0.3) is 0 Å². The maximum absolute atomic E-state index is 12.4. The first-order valence-corrected chi connectivity index (χ1v) is 7.78. The van der Waals surface area contributed by atoms with Crippen molar-refractivity contribution in [3.63, 3.8) is 0 Å². The van der Waals surface area contributed by atoms with E-state index in [0.29, 0.717) is 5.56 Å². The van der Waals surface area contributed by atoms with Crippen molar-refractivity contribution >= 4 is 5.78 Å². The molecule has 0 bridgehead atoms. The largest absolute Gasteiger partial charge is 0.289 e. The molecule has 2 heteroatoms. The van der Waals surface area contributed by atoms with Gasteiger partial charge in [0.15, 0.2) is 5.78 Å². The predicted molar refractivity (Wildman–Crippen MR) is 86.7 cm³/mol. The van der Waals surface area contributed by atoms with E-state index in [4.69, 9.17) is 0 Å². The molecule has 0 saturated heterocycles. The van der Waals surface area contributed by atoms with Crippen molar-refractivity contribution in [1.82, 2.24) is 4.98 Å². The van der Waals surface area contributed by atoms with Crippen LogP contribution in [0.4, 0.5) is 0 Å². The second kappa shape index (κ2) is 7.72. The molecule has 1 aromatic carbocycles. The van der Waals surface area contributed by atoms with Crippen molar-refractivity contribution in [2.24, 2.45) is 0 Å². The number of unbranched alkanes of at least 4 members (excludes halogenated alkanes) is 3. The van der Waals surface area contributed by atoms with E-state index in [1.807, 2.05) is 49.4 Å². The number of aromatic nitrogens is 1. The number of benzene rings is 1. The zero-order chi connectivity index (χ0) is 15.1. The molecular weight excluding hydrogens is 258 g/mol. The molecule has 0 atom stereocenters. The molecule has 21 heavy (non-hydrogen) atoms. The van der Waals surface area contributed by atoms with Crippen LogP contribution in [0.2, 0.25) is 0 Å². The quantitative estimate of drug-likeness (QED) is 0.542. The fourth-order valence-electron chi connectivity index (χ4n) is 2.47. The molecule has 0 N–H and O–H groups in total. The molecule has 110 valence electrons. The number of carbonyl (C=O) groups excluding carboxylic acids is 1. The average molecular weight is 281 g/mol. The molecule has 0 aliphatic carbocycles. The van der Waals surface area contributed by atoms with Crippen LogP contribution in [0.1, 0.15) is 59.9 Å². The molecule has 2 rings (SSSR count). The molecule has 0 amide bonds. The Labute approximate surface area is 127 Å². The zero-order valence-corrected chi connectivity index (χ0v) is 12.9. The predicted octanol–water partition coefficient (Wildman–Crippen LogP) is 4.74. The van der Waals surface area contributed by atoms with Gasteiger partial charge in [-0.2, -0.15) is 0 Å². The Morgan fingerprint density at radius 1 is 1.00 bits per heavy atom. The van der Waals surface area contributed by atoms with Crippen LogP contribution in [0, 0.1) is 6.92 Å². The van der Waals surface area contributed by atoms with Gasteiger partial charge in [-0.1, -0.05) is 56.5 Å². The minimum absolute atomic E-state index is 0.0538. The van der Waals surface area contributed by atoms with Gasteiger partial charge in [0, 0.05) is 22.5 Å². The number of rotatable bonds is 7. The van der Waals surface area contributed by atoms with Gasteiger partial charge in [0.2, 0.25) is 0 Å². The third-order valence-electron chi connectivity index (χ3n) is 3.71. The lowest BCUT2D eigenvalue weighted by molar-refractivity contribution is 0.103. The minimum Gasteiger partial charge on any atom is -0.289 e. The Bertz CT molecular complexity index is 590. The number of hydrogen-bond donors (Lipinski definition) is 0. The molecule has 2 nitrogen and oxygen atoms in total. The summed E-state index contributed by atoms with van der Waals surface area (Å²) in [7, 11) is 0. The number of aryl methyl sites for hydroxylation is 2.